The van der Waals surface area contributed by atoms with Crippen molar-refractivity contribution in [2.75, 3.05) is 36.0 Å². The minimum atomic E-state index is -1.33. The van der Waals surface area contributed by atoms with E-state index in [1.165, 1.54) is 77.0 Å². The molecule has 346 valence electrons. The second kappa shape index (κ2) is 20.0. The molecule has 4 heterocycles. The Hall–Kier alpha value is -5.76. The number of unbranched alkanes of at least 4 members (excludes halogenated alkanes) is 12. The highest BCUT2D eigenvalue weighted by Gasteiger charge is 2.58. The molecule has 0 saturated heterocycles. The highest BCUT2D eigenvalue weighted by Crippen LogP contribution is 2.62. The molecule has 4 aliphatic rings. The van der Waals surface area contributed by atoms with Gasteiger partial charge in [0.15, 0.2) is 11.2 Å². The van der Waals surface area contributed by atoms with Crippen molar-refractivity contribution in [2.24, 2.45) is 0 Å². The zero-order valence-electron chi connectivity index (χ0n) is 39.7. The largest absolute Gasteiger partial charge is 0.456 e. The summed E-state index contributed by atoms with van der Waals surface area (Å²) in [5.74, 6) is 1.56. The fourth-order valence-corrected chi connectivity index (χ4v) is 10.9. The van der Waals surface area contributed by atoms with E-state index in [1.54, 1.807) is 0 Å². The molecule has 0 amide bonds. The lowest BCUT2D eigenvalue weighted by atomic mass is 9.73. The maximum atomic E-state index is 14.1. The first kappa shape index (κ1) is 45.4. The predicted molar refractivity (Wildman–Crippen MR) is 264 cm³/mol. The van der Waals surface area contributed by atoms with E-state index in [4.69, 9.17) is 18.9 Å². The van der Waals surface area contributed by atoms with Crippen LogP contribution in [-0.2, 0) is 20.7 Å². The summed E-state index contributed by atoms with van der Waals surface area (Å²) in [7, 11) is 0. The van der Waals surface area contributed by atoms with Crippen LogP contribution in [0.3, 0.4) is 0 Å². The number of hydrogen-bond donors (Lipinski definition) is 0. The van der Waals surface area contributed by atoms with E-state index < -0.39 is 23.1 Å². The molecule has 0 N–H and O–H groups in total. The summed E-state index contributed by atoms with van der Waals surface area (Å²) in [4.78, 5) is 33.2. The zero-order valence-corrected chi connectivity index (χ0v) is 39.7. The number of benzene rings is 5. The summed E-state index contributed by atoms with van der Waals surface area (Å²) in [6, 6.07) is 32.1. The van der Waals surface area contributed by atoms with Crippen LogP contribution in [0.15, 0.2) is 97.1 Å². The Morgan fingerprint density at radius 2 is 0.742 bits per heavy atom. The molecular formula is C58H68N2O6. The fourth-order valence-electron chi connectivity index (χ4n) is 10.9. The lowest BCUT2D eigenvalue weighted by molar-refractivity contribution is 0.0208. The van der Waals surface area contributed by atoms with Crippen molar-refractivity contribution in [3.05, 3.63) is 142 Å². The first-order chi connectivity index (χ1) is 32.4. The van der Waals surface area contributed by atoms with Crippen LogP contribution < -0.4 is 19.3 Å². The van der Waals surface area contributed by atoms with Crippen LogP contribution in [-0.4, -0.2) is 38.1 Å². The van der Waals surface area contributed by atoms with E-state index in [9.17, 15) is 9.59 Å². The van der Waals surface area contributed by atoms with Gasteiger partial charge in [-0.2, -0.15) is 0 Å². The third kappa shape index (κ3) is 8.23. The number of carbonyl (C=O) groups is 2. The summed E-state index contributed by atoms with van der Waals surface area (Å²) < 4.78 is 27.6. The van der Waals surface area contributed by atoms with Crippen molar-refractivity contribution in [2.45, 2.75) is 142 Å². The van der Waals surface area contributed by atoms with E-state index >= 15 is 0 Å². The smallest absolute Gasteiger partial charge is 0.340 e. The van der Waals surface area contributed by atoms with Gasteiger partial charge in [0.2, 0.25) is 0 Å². The van der Waals surface area contributed by atoms with Crippen LogP contribution in [0.4, 0.5) is 11.4 Å². The molecule has 2 spiro atoms. The Morgan fingerprint density at radius 1 is 0.379 bits per heavy atom. The van der Waals surface area contributed by atoms with E-state index in [2.05, 4.69) is 73.9 Å². The molecule has 8 nitrogen and oxygen atoms in total. The third-order valence-corrected chi connectivity index (χ3v) is 14.4. The molecule has 2 unspecified atom stereocenters. The summed E-state index contributed by atoms with van der Waals surface area (Å²) in [5.41, 5.74) is 4.88. The van der Waals surface area contributed by atoms with Crippen LogP contribution in [0.25, 0.3) is 0 Å². The Kier molecular flexibility index (Phi) is 13.8. The molecule has 0 fully saturated rings. The summed E-state index contributed by atoms with van der Waals surface area (Å²) in [5, 5.41) is 0. The van der Waals surface area contributed by atoms with E-state index in [-0.39, 0.29) is 0 Å². The molecular weight excluding hydrogens is 821 g/mol. The molecule has 0 saturated carbocycles. The monoisotopic (exact) mass is 889 g/mol. The van der Waals surface area contributed by atoms with Gasteiger partial charge < -0.3 is 28.7 Å². The van der Waals surface area contributed by atoms with E-state index in [0.29, 0.717) is 45.3 Å². The molecule has 0 radical (unpaired) electrons. The Labute approximate surface area is 392 Å². The van der Waals surface area contributed by atoms with Crippen LogP contribution in [0, 0.1) is 0 Å². The van der Waals surface area contributed by atoms with Crippen LogP contribution in [0.5, 0.6) is 23.0 Å². The minimum Gasteiger partial charge on any atom is -0.456 e. The first-order valence-corrected chi connectivity index (χ1v) is 25.4. The lowest BCUT2D eigenvalue weighted by Crippen LogP contribution is -2.37. The average Bonchev–Trinajstić information content (AvgIpc) is 3.80. The van der Waals surface area contributed by atoms with Gasteiger partial charge in [-0.15, -0.1) is 0 Å². The van der Waals surface area contributed by atoms with Gasteiger partial charge in [0.25, 0.3) is 0 Å². The summed E-state index contributed by atoms with van der Waals surface area (Å²) in [6.07, 6.45) is 18.9. The van der Waals surface area contributed by atoms with Gasteiger partial charge in [0.1, 0.15) is 23.0 Å². The molecule has 8 heteroatoms. The van der Waals surface area contributed by atoms with Gasteiger partial charge in [-0.05, 0) is 68.1 Å². The second-order valence-electron chi connectivity index (χ2n) is 18.9. The van der Waals surface area contributed by atoms with Gasteiger partial charge in [-0.25, -0.2) is 9.59 Å². The van der Waals surface area contributed by atoms with Gasteiger partial charge in [-0.1, -0.05) is 141 Å². The number of ether oxygens (including phenoxy) is 4. The van der Waals surface area contributed by atoms with Gasteiger partial charge in [0.05, 0.1) is 11.1 Å². The molecule has 0 aromatic heterocycles. The highest BCUT2D eigenvalue weighted by atomic mass is 16.6. The average molecular weight is 889 g/mol. The lowest BCUT2D eigenvalue weighted by Gasteiger charge is -2.41. The predicted octanol–water partition coefficient (Wildman–Crippen LogP) is 14.8. The normalized spacial score (nSPS) is 18.1. The summed E-state index contributed by atoms with van der Waals surface area (Å²) in [6.45, 7) is 12.9. The van der Waals surface area contributed by atoms with Crippen LogP contribution in [0.2, 0.25) is 0 Å². The number of rotatable bonds is 22. The molecule has 0 aliphatic carbocycles. The molecule has 2 atom stereocenters. The topological polar surface area (TPSA) is 77.5 Å². The maximum Gasteiger partial charge on any atom is 0.340 e. The van der Waals surface area contributed by atoms with Gasteiger partial charge in [-0.3, -0.25) is 0 Å². The van der Waals surface area contributed by atoms with Gasteiger partial charge >= 0.3 is 11.9 Å². The molecule has 66 heavy (non-hydrogen) atoms. The fraction of sp³-hybridized carbons (Fsp3) is 0.448. The summed E-state index contributed by atoms with van der Waals surface area (Å²) >= 11 is 0. The highest BCUT2D eigenvalue weighted by molar-refractivity contribution is 5.98. The Morgan fingerprint density at radius 3 is 1.12 bits per heavy atom. The minimum absolute atomic E-state index is 0.393. The van der Waals surface area contributed by atoms with Gasteiger partial charge in [0, 0.05) is 89.1 Å². The third-order valence-electron chi connectivity index (χ3n) is 14.4. The van der Waals surface area contributed by atoms with Crippen molar-refractivity contribution >= 4 is 23.3 Å². The number of carbonyl (C=O) groups excluding carboxylic acids is 2. The van der Waals surface area contributed by atoms with Crippen LogP contribution >= 0.6 is 0 Å². The van der Waals surface area contributed by atoms with E-state index in [0.717, 1.165) is 85.5 Å². The Balaban J connectivity index is 1.18. The SMILES string of the molecule is CCCCCCN(CCCCCC)c1ccc2c(c1)Oc1cc3c(cc1C21OC(=O)c2ccccc21)C1(OC(=O)c2ccccc21)c1ccc(N(CCCCCC)CCCCCC)cc1O3. The molecule has 5 aromatic rings. The second-order valence-corrected chi connectivity index (χ2v) is 18.9. The number of esters is 2. The number of anilines is 2. The van der Waals surface area contributed by atoms with E-state index in [1.807, 2.05) is 60.7 Å². The molecule has 9 rings (SSSR count). The Bertz CT molecular complexity index is 2360. The maximum absolute atomic E-state index is 14.1. The van der Waals surface area contributed by atoms with Crippen molar-refractivity contribution in [1.29, 1.82) is 0 Å². The zero-order chi connectivity index (χ0) is 45.7. The first-order valence-electron chi connectivity index (χ1n) is 25.4. The van der Waals surface area contributed by atoms with Crippen molar-refractivity contribution in [3.63, 3.8) is 0 Å². The standard InChI is InChI=1S/C58H68N2O6/c1-5-9-13-21-33-59(34-22-14-10-6-2)41-29-31-47-51(37-41)63-53-40-54-50(39-49(53)57(47)45-27-19-17-25-43(45)55(61)65-57)58(46-28-20-18-26-44(46)56(62)66-58)48-32-30-42(38-52(48)64-54)60(35-23-15-11-7-3)36-24-16-12-8-4/h17-20,25-32,37-40H,5-16,21-24,33-36H2,1-4H3. The quantitative estimate of drug-likeness (QED) is 0.0502. The van der Waals surface area contributed by atoms with Crippen LogP contribution in [0.1, 0.15) is 185 Å². The number of hydrogen-bond acceptors (Lipinski definition) is 8. The van der Waals surface area contributed by atoms with Crippen molar-refractivity contribution in [1.82, 2.24) is 0 Å². The molecule has 0 bridgehead atoms. The number of nitrogens with zero attached hydrogens (tertiary/aromatic N) is 2. The van der Waals surface area contributed by atoms with Crippen molar-refractivity contribution < 1.29 is 28.5 Å². The van der Waals surface area contributed by atoms with Crippen molar-refractivity contribution in [3.8, 4) is 23.0 Å². The number of fused-ring (bicyclic) bond motifs is 12. The molecule has 5 aromatic carbocycles. The molecule has 4 aliphatic heterocycles.